The van der Waals surface area contributed by atoms with E-state index in [-0.39, 0.29) is 17.9 Å². The third kappa shape index (κ3) is 3.39. The van der Waals surface area contributed by atoms with E-state index in [2.05, 4.69) is 10.4 Å². The molecule has 1 fully saturated rings. The van der Waals surface area contributed by atoms with Crippen LogP contribution in [0.2, 0.25) is 0 Å². The van der Waals surface area contributed by atoms with E-state index in [1.165, 1.54) is 19.2 Å². The van der Waals surface area contributed by atoms with Crippen LogP contribution in [0.4, 0.5) is 13.2 Å². The molecule has 2 aromatic carbocycles. The third-order valence-corrected chi connectivity index (χ3v) is 4.71. The van der Waals surface area contributed by atoms with Crippen molar-refractivity contribution in [3.8, 4) is 11.4 Å². The summed E-state index contributed by atoms with van der Waals surface area (Å²) in [7, 11) is 1.38. The summed E-state index contributed by atoms with van der Waals surface area (Å²) >= 11 is 0. The van der Waals surface area contributed by atoms with E-state index < -0.39 is 17.4 Å². The number of hydrogen-bond acceptors (Lipinski definition) is 4. The van der Waals surface area contributed by atoms with E-state index in [0.29, 0.717) is 11.7 Å². The molecule has 28 heavy (non-hydrogen) atoms. The highest BCUT2D eigenvalue weighted by Gasteiger charge is 2.35. The highest BCUT2D eigenvalue weighted by molar-refractivity contribution is 5.47. The maximum absolute atomic E-state index is 13.6. The number of ether oxygens (including phenoxy) is 1. The molecule has 6 nitrogen and oxygen atoms in total. The molecular formula is C19H17F3N4O2. The SMILES string of the molecule is Cn1nnn(-c2cccc(C(F)(F)F)c2COc2ccccc2C2CC2)c1=O. The molecule has 0 radical (unpaired) electrons. The molecule has 1 aliphatic carbocycles. The van der Waals surface area contributed by atoms with Crippen LogP contribution in [0.15, 0.2) is 47.3 Å². The molecular weight excluding hydrogens is 373 g/mol. The monoisotopic (exact) mass is 390 g/mol. The van der Waals surface area contributed by atoms with Crippen LogP contribution in [0, 0.1) is 0 Å². The molecule has 0 saturated heterocycles. The van der Waals surface area contributed by atoms with E-state index in [1.807, 2.05) is 12.1 Å². The van der Waals surface area contributed by atoms with E-state index in [1.54, 1.807) is 12.1 Å². The van der Waals surface area contributed by atoms with Crippen LogP contribution in [0.5, 0.6) is 5.75 Å². The lowest BCUT2D eigenvalue weighted by molar-refractivity contribution is -0.138. The Balaban J connectivity index is 1.76. The Kier molecular flexibility index (Phi) is 4.44. The highest BCUT2D eigenvalue weighted by Crippen LogP contribution is 2.44. The first kappa shape index (κ1) is 18.3. The Morgan fingerprint density at radius 1 is 1.11 bits per heavy atom. The van der Waals surface area contributed by atoms with Gasteiger partial charge in [-0.2, -0.15) is 22.5 Å². The normalized spacial score (nSPS) is 14.3. The summed E-state index contributed by atoms with van der Waals surface area (Å²) in [6, 6.07) is 10.9. The zero-order chi connectivity index (χ0) is 19.9. The molecule has 4 rings (SSSR count). The number of nitrogens with zero attached hydrogens (tertiary/aromatic N) is 4. The van der Waals surface area contributed by atoms with Gasteiger partial charge in [0, 0.05) is 12.6 Å². The lowest BCUT2D eigenvalue weighted by Gasteiger charge is -2.18. The summed E-state index contributed by atoms with van der Waals surface area (Å²) < 4.78 is 48.4. The second-order valence-electron chi connectivity index (χ2n) is 6.70. The molecule has 0 amide bonds. The molecule has 0 spiro atoms. The van der Waals surface area contributed by atoms with Crippen LogP contribution in [0.25, 0.3) is 5.69 Å². The van der Waals surface area contributed by atoms with Gasteiger partial charge in [-0.05, 0) is 52.9 Å². The first-order valence-electron chi connectivity index (χ1n) is 8.76. The van der Waals surface area contributed by atoms with Crippen molar-refractivity contribution in [1.82, 2.24) is 19.8 Å². The van der Waals surface area contributed by atoms with Crippen molar-refractivity contribution in [2.24, 2.45) is 7.05 Å². The van der Waals surface area contributed by atoms with Crippen molar-refractivity contribution >= 4 is 0 Å². The molecule has 0 atom stereocenters. The van der Waals surface area contributed by atoms with Crippen molar-refractivity contribution in [3.05, 3.63) is 69.6 Å². The Morgan fingerprint density at radius 2 is 1.86 bits per heavy atom. The molecule has 1 heterocycles. The van der Waals surface area contributed by atoms with Crippen LogP contribution < -0.4 is 10.4 Å². The quantitative estimate of drug-likeness (QED) is 0.670. The fourth-order valence-electron chi connectivity index (χ4n) is 3.15. The number of para-hydroxylation sites is 1. The first-order valence-corrected chi connectivity index (χ1v) is 8.76. The minimum atomic E-state index is -4.60. The number of hydrogen-bond donors (Lipinski definition) is 0. The first-order chi connectivity index (χ1) is 13.4. The zero-order valence-corrected chi connectivity index (χ0v) is 15.0. The van der Waals surface area contributed by atoms with Gasteiger partial charge in [-0.25, -0.2) is 4.79 Å². The molecule has 0 bridgehead atoms. The van der Waals surface area contributed by atoms with E-state index in [0.717, 1.165) is 33.8 Å². The van der Waals surface area contributed by atoms with Gasteiger partial charge in [-0.3, -0.25) is 0 Å². The molecule has 3 aromatic rings. The summed E-state index contributed by atoms with van der Waals surface area (Å²) in [4.78, 5) is 12.2. The molecule has 0 aliphatic heterocycles. The smallest absolute Gasteiger partial charge is 0.416 e. The largest absolute Gasteiger partial charge is 0.489 e. The van der Waals surface area contributed by atoms with Gasteiger partial charge in [0.1, 0.15) is 12.4 Å². The summed E-state index contributed by atoms with van der Waals surface area (Å²) in [5, 5.41) is 7.26. The molecule has 1 aromatic heterocycles. The summed E-state index contributed by atoms with van der Waals surface area (Å²) in [5.74, 6) is 0.940. The van der Waals surface area contributed by atoms with Gasteiger partial charge in [0.05, 0.1) is 11.3 Å². The highest BCUT2D eigenvalue weighted by atomic mass is 19.4. The number of aromatic nitrogens is 4. The second kappa shape index (κ2) is 6.81. The molecule has 146 valence electrons. The minimum Gasteiger partial charge on any atom is -0.489 e. The standard InChI is InChI=1S/C19H17F3N4O2/c1-25-18(27)26(24-23-25)16-7-4-6-15(19(20,21)22)14(16)11-28-17-8-3-2-5-13(17)12-9-10-12/h2-8,12H,9-11H2,1H3. The van der Waals surface area contributed by atoms with Gasteiger partial charge in [-0.15, -0.1) is 0 Å². The average Bonchev–Trinajstić information content (AvgIpc) is 3.46. The van der Waals surface area contributed by atoms with Crippen LogP contribution in [0.3, 0.4) is 0 Å². The summed E-state index contributed by atoms with van der Waals surface area (Å²) in [5.41, 5.74) is -0.685. The fraction of sp³-hybridized carbons (Fsp3) is 0.316. The van der Waals surface area contributed by atoms with Crippen molar-refractivity contribution in [3.63, 3.8) is 0 Å². The van der Waals surface area contributed by atoms with E-state index in [9.17, 15) is 18.0 Å². The third-order valence-electron chi connectivity index (χ3n) is 4.71. The predicted molar refractivity (Wildman–Crippen MR) is 94.4 cm³/mol. The zero-order valence-electron chi connectivity index (χ0n) is 15.0. The fourth-order valence-corrected chi connectivity index (χ4v) is 3.15. The van der Waals surface area contributed by atoms with Gasteiger partial charge in [0.15, 0.2) is 0 Å². The van der Waals surface area contributed by atoms with Crippen molar-refractivity contribution in [1.29, 1.82) is 0 Å². The Labute approximate surface area is 158 Å². The number of aryl methyl sites for hydroxylation is 1. The Morgan fingerprint density at radius 3 is 2.50 bits per heavy atom. The van der Waals surface area contributed by atoms with E-state index in [4.69, 9.17) is 4.74 Å². The minimum absolute atomic E-state index is 0.00294. The number of benzene rings is 2. The lowest BCUT2D eigenvalue weighted by atomic mass is 10.0. The summed E-state index contributed by atoms with van der Waals surface area (Å²) in [6.45, 7) is -0.349. The van der Waals surface area contributed by atoms with Gasteiger partial charge >= 0.3 is 11.9 Å². The molecule has 0 N–H and O–H groups in total. The van der Waals surface area contributed by atoms with Gasteiger partial charge < -0.3 is 4.74 Å². The van der Waals surface area contributed by atoms with E-state index >= 15 is 0 Å². The Hall–Kier alpha value is -3.10. The van der Waals surface area contributed by atoms with Crippen LogP contribution >= 0.6 is 0 Å². The molecule has 1 aliphatic rings. The number of alkyl halides is 3. The molecule has 9 heteroatoms. The maximum atomic E-state index is 13.6. The van der Waals surface area contributed by atoms with Crippen LogP contribution in [0.1, 0.15) is 35.4 Å². The number of rotatable bonds is 5. The lowest BCUT2D eigenvalue weighted by Crippen LogP contribution is -2.24. The number of halogens is 3. The van der Waals surface area contributed by atoms with Gasteiger partial charge in [0.2, 0.25) is 0 Å². The maximum Gasteiger partial charge on any atom is 0.416 e. The molecule has 1 saturated carbocycles. The van der Waals surface area contributed by atoms with Crippen LogP contribution in [-0.4, -0.2) is 19.8 Å². The van der Waals surface area contributed by atoms with Gasteiger partial charge in [-0.1, -0.05) is 24.3 Å². The second-order valence-corrected chi connectivity index (χ2v) is 6.70. The van der Waals surface area contributed by atoms with Crippen molar-refractivity contribution < 1.29 is 17.9 Å². The van der Waals surface area contributed by atoms with Crippen molar-refractivity contribution in [2.75, 3.05) is 0 Å². The average molecular weight is 390 g/mol. The molecule has 0 unspecified atom stereocenters. The number of tetrazole rings is 1. The topological polar surface area (TPSA) is 61.9 Å². The van der Waals surface area contributed by atoms with Gasteiger partial charge in [0.25, 0.3) is 0 Å². The van der Waals surface area contributed by atoms with Crippen molar-refractivity contribution in [2.45, 2.75) is 31.5 Å². The Bertz CT molecular complexity index is 1070. The predicted octanol–water partition coefficient (Wildman–Crippen LogP) is 3.44. The summed E-state index contributed by atoms with van der Waals surface area (Å²) in [6.07, 6.45) is -2.52. The van der Waals surface area contributed by atoms with Crippen LogP contribution in [-0.2, 0) is 19.8 Å².